The van der Waals surface area contributed by atoms with Gasteiger partial charge >= 0.3 is 0 Å². The monoisotopic (exact) mass is 356 g/mol. The molecule has 1 unspecified atom stereocenters. The van der Waals surface area contributed by atoms with E-state index in [1.807, 2.05) is 25.1 Å². The topological polar surface area (TPSA) is 76.7 Å². The van der Waals surface area contributed by atoms with Crippen LogP contribution in [0.1, 0.15) is 23.7 Å². The number of carbonyl (C=O) groups is 2. The Hall–Kier alpha value is -2.86. The third-order valence-electron chi connectivity index (χ3n) is 3.67. The maximum Gasteiger partial charge on any atom is 0.265 e. The van der Waals surface area contributed by atoms with Crippen LogP contribution >= 0.6 is 0 Å². The van der Waals surface area contributed by atoms with Crippen LogP contribution in [0, 0.1) is 0 Å². The summed E-state index contributed by atoms with van der Waals surface area (Å²) in [5.74, 6) is 0.166. The molecule has 0 spiro atoms. The van der Waals surface area contributed by atoms with E-state index in [4.69, 9.17) is 9.47 Å². The zero-order valence-corrected chi connectivity index (χ0v) is 15.0. The molecule has 6 nitrogen and oxygen atoms in total. The Labute approximate surface area is 153 Å². The zero-order chi connectivity index (χ0) is 18.8. The van der Waals surface area contributed by atoms with Crippen LogP contribution in [0.3, 0.4) is 0 Å². The van der Waals surface area contributed by atoms with Crippen molar-refractivity contribution in [1.29, 1.82) is 0 Å². The van der Waals surface area contributed by atoms with Crippen LogP contribution in [-0.4, -0.2) is 38.2 Å². The van der Waals surface area contributed by atoms with Gasteiger partial charge in [-0.2, -0.15) is 0 Å². The van der Waals surface area contributed by atoms with Crippen molar-refractivity contribution in [2.75, 3.05) is 25.6 Å². The fourth-order valence-electron chi connectivity index (χ4n) is 2.32. The van der Waals surface area contributed by atoms with Crippen LogP contribution < -0.4 is 15.4 Å². The number of methoxy groups -OCH3 is 1. The van der Waals surface area contributed by atoms with E-state index in [9.17, 15) is 9.59 Å². The van der Waals surface area contributed by atoms with Gasteiger partial charge < -0.3 is 20.1 Å². The van der Waals surface area contributed by atoms with Gasteiger partial charge in [-0.3, -0.25) is 9.59 Å². The fraction of sp³-hybridized carbons (Fsp3) is 0.300. The second-order valence-electron chi connectivity index (χ2n) is 5.65. The normalized spacial score (nSPS) is 11.5. The summed E-state index contributed by atoms with van der Waals surface area (Å²) in [5, 5.41) is 5.55. The molecular weight excluding hydrogens is 332 g/mol. The van der Waals surface area contributed by atoms with Crippen molar-refractivity contribution in [3.8, 4) is 5.75 Å². The molecule has 2 aromatic rings. The molecule has 2 rings (SSSR count). The number of rotatable bonds is 9. The lowest BCUT2D eigenvalue weighted by atomic mass is 10.1. The first-order valence-corrected chi connectivity index (χ1v) is 8.53. The molecule has 0 saturated carbocycles. The first-order chi connectivity index (χ1) is 12.6. The Morgan fingerprint density at radius 2 is 1.85 bits per heavy atom. The third kappa shape index (κ3) is 5.89. The van der Waals surface area contributed by atoms with Crippen LogP contribution in [-0.2, 0) is 9.53 Å². The summed E-state index contributed by atoms with van der Waals surface area (Å²) in [5.41, 5.74) is 1.01. The Bertz CT molecular complexity index is 719. The summed E-state index contributed by atoms with van der Waals surface area (Å²) in [7, 11) is 1.57. The van der Waals surface area contributed by atoms with E-state index in [2.05, 4.69) is 10.6 Å². The van der Waals surface area contributed by atoms with Gasteiger partial charge in [0, 0.05) is 24.9 Å². The van der Waals surface area contributed by atoms with Crippen LogP contribution in [0.25, 0.3) is 0 Å². The van der Waals surface area contributed by atoms with E-state index in [0.29, 0.717) is 36.6 Å². The summed E-state index contributed by atoms with van der Waals surface area (Å²) >= 11 is 0. The van der Waals surface area contributed by atoms with Crippen LogP contribution in [0.5, 0.6) is 5.75 Å². The fourth-order valence-corrected chi connectivity index (χ4v) is 2.32. The van der Waals surface area contributed by atoms with Crippen molar-refractivity contribution >= 4 is 17.5 Å². The largest absolute Gasteiger partial charge is 0.481 e. The van der Waals surface area contributed by atoms with Gasteiger partial charge in [0.2, 0.25) is 0 Å². The molecule has 0 heterocycles. The number of carbonyl (C=O) groups excluding carboxylic acids is 2. The molecule has 0 saturated heterocycles. The second-order valence-corrected chi connectivity index (χ2v) is 5.65. The van der Waals surface area contributed by atoms with Gasteiger partial charge in [0.25, 0.3) is 11.8 Å². The quantitative estimate of drug-likeness (QED) is 0.678. The molecule has 0 aliphatic rings. The van der Waals surface area contributed by atoms with Gasteiger partial charge in [-0.1, -0.05) is 31.2 Å². The maximum atomic E-state index is 12.5. The number of amides is 2. The molecule has 138 valence electrons. The summed E-state index contributed by atoms with van der Waals surface area (Å²) in [6.45, 7) is 2.75. The highest BCUT2D eigenvalue weighted by Crippen LogP contribution is 2.15. The lowest BCUT2D eigenvalue weighted by molar-refractivity contribution is -0.122. The molecule has 1 atom stereocenters. The number of anilines is 1. The minimum atomic E-state index is -0.614. The Balaban J connectivity index is 1.99. The molecule has 0 aromatic heterocycles. The van der Waals surface area contributed by atoms with E-state index in [0.717, 1.165) is 0 Å². The van der Waals surface area contributed by atoms with E-state index in [1.165, 1.54) is 0 Å². The van der Waals surface area contributed by atoms with E-state index in [-0.39, 0.29) is 11.8 Å². The maximum absolute atomic E-state index is 12.5. The third-order valence-corrected chi connectivity index (χ3v) is 3.67. The SMILES string of the molecule is CCC(Oc1ccccc1)C(=O)Nc1cccc(C(=O)NCCOC)c1. The summed E-state index contributed by atoms with van der Waals surface area (Å²) in [4.78, 5) is 24.6. The molecule has 26 heavy (non-hydrogen) atoms. The molecule has 0 bridgehead atoms. The standard InChI is InChI=1S/C20H24N2O4/c1-3-18(26-17-10-5-4-6-11-17)20(24)22-16-9-7-8-15(14-16)19(23)21-12-13-25-2/h4-11,14,18H,3,12-13H2,1-2H3,(H,21,23)(H,22,24). The van der Waals surface area contributed by atoms with Crippen molar-refractivity contribution in [2.24, 2.45) is 0 Å². The molecule has 0 aliphatic heterocycles. The first kappa shape index (κ1) is 19.5. The van der Waals surface area contributed by atoms with Crippen molar-refractivity contribution in [3.05, 3.63) is 60.2 Å². The minimum absolute atomic E-state index is 0.217. The van der Waals surface area contributed by atoms with Gasteiger partial charge in [0.15, 0.2) is 6.10 Å². The van der Waals surface area contributed by atoms with Crippen molar-refractivity contribution in [3.63, 3.8) is 0 Å². The Morgan fingerprint density at radius 1 is 1.08 bits per heavy atom. The van der Waals surface area contributed by atoms with Gasteiger partial charge in [-0.25, -0.2) is 0 Å². The van der Waals surface area contributed by atoms with Crippen LogP contribution in [0.15, 0.2) is 54.6 Å². The van der Waals surface area contributed by atoms with Crippen LogP contribution in [0.2, 0.25) is 0 Å². The summed E-state index contributed by atoms with van der Waals surface area (Å²) in [6, 6.07) is 16.0. The average molecular weight is 356 g/mol. The first-order valence-electron chi connectivity index (χ1n) is 8.53. The van der Waals surface area contributed by atoms with E-state index in [1.54, 1.807) is 43.5 Å². The number of para-hydroxylation sites is 1. The van der Waals surface area contributed by atoms with Crippen molar-refractivity contribution in [2.45, 2.75) is 19.4 Å². The second kappa shape index (κ2) is 10.2. The van der Waals surface area contributed by atoms with E-state index >= 15 is 0 Å². The van der Waals surface area contributed by atoms with Crippen LogP contribution in [0.4, 0.5) is 5.69 Å². The van der Waals surface area contributed by atoms with Gasteiger partial charge in [-0.05, 0) is 36.8 Å². The minimum Gasteiger partial charge on any atom is -0.481 e. The molecule has 2 amide bonds. The summed E-state index contributed by atoms with van der Waals surface area (Å²) < 4.78 is 10.6. The van der Waals surface area contributed by atoms with Gasteiger partial charge in [-0.15, -0.1) is 0 Å². The van der Waals surface area contributed by atoms with Crippen molar-refractivity contribution < 1.29 is 19.1 Å². The predicted octanol–water partition coefficient (Wildman–Crippen LogP) is 2.86. The lowest BCUT2D eigenvalue weighted by Gasteiger charge is -2.17. The highest BCUT2D eigenvalue weighted by Gasteiger charge is 2.19. The summed E-state index contributed by atoms with van der Waals surface area (Å²) in [6.07, 6.45) is -0.0886. The number of ether oxygens (including phenoxy) is 2. The molecule has 6 heteroatoms. The molecule has 2 N–H and O–H groups in total. The molecule has 0 radical (unpaired) electrons. The lowest BCUT2D eigenvalue weighted by Crippen LogP contribution is -2.32. The highest BCUT2D eigenvalue weighted by atomic mass is 16.5. The van der Waals surface area contributed by atoms with Crippen molar-refractivity contribution in [1.82, 2.24) is 5.32 Å². The molecule has 0 aliphatic carbocycles. The van der Waals surface area contributed by atoms with Gasteiger partial charge in [0.1, 0.15) is 5.75 Å². The van der Waals surface area contributed by atoms with E-state index < -0.39 is 6.10 Å². The molecule has 2 aromatic carbocycles. The number of nitrogens with one attached hydrogen (secondary N) is 2. The average Bonchev–Trinajstić information content (AvgIpc) is 2.67. The predicted molar refractivity (Wildman–Crippen MR) is 100 cm³/mol. The van der Waals surface area contributed by atoms with Gasteiger partial charge in [0.05, 0.1) is 6.61 Å². The Kier molecular flexibility index (Phi) is 7.64. The zero-order valence-electron chi connectivity index (χ0n) is 15.0. The smallest absolute Gasteiger partial charge is 0.265 e. The molecular formula is C20H24N2O4. The number of hydrogen-bond donors (Lipinski definition) is 2. The highest BCUT2D eigenvalue weighted by molar-refractivity contribution is 5.98. The number of benzene rings is 2. The molecule has 0 fully saturated rings. The Morgan fingerprint density at radius 3 is 2.54 bits per heavy atom. The number of hydrogen-bond acceptors (Lipinski definition) is 4.